The third kappa shape index (κ3) is 3.31. The van der Waals surface area contributed by atoms with Crippen molar-refractivity contribution in [1.82, 2.24) is 15.0 Å². The predicted molar refractivity (Wildman–Crippen MR) is 98.7 cm³/mol. The zero-order valence-corrected chi connectivity index (χ0v) is 14.6. The van der Waals surface area contributed by atoms with Gasteiger partial charge >= 0.3 is 6.03 Å². The molecule has 26 heavy (non-hydrogen) atoms. The van der Waals surface area contributed by atoms with Crippen molar-refractivity contribution >= 4 is 11.7 Å². The van der Waals surface area contributed by atoms with E-state index in [1.54, 1.807) is 0 Å². The summed E-state index contributed by atoms with van der Waals surface area (Å²) < 4.78 is 5.13. The first-order valence-electron chi connectivity index (χ1n) is 8.78. The summed E-state index contributed by atoms with van der Waals surface area (Å²) in [6, 6.07) is 15.7. The molecule has 3 aromatic rings. The second kappa shape index (κ2) is 7.00. The summed E-state index contributed by atoms with van der Waals surface area (Å²) in [5.74, 6) is 1.18. The van der Waals surface area contributed by atoms with Crippen LogP contribution in [0.1, 0.15) is 23.9 Å². The Bertz CT molecular complexity index is 918. The molecule has 0 bridgehead atoms. The predicted octanol–water partition coefficient (Wildman–Crippen LogP) is 3.89. The van der Waals surface area contributed by atoms with Crippen LogP contribution in [0.3, 0.4) is 0 Å². The molecule has 4 rings (SSSR count). The van der Waals surface area contributed by atoms with Crippen molar-refractivity contribution in [2.45, 2.75) is 26.3 Å². The molecule has 2 aromatic carbocycles. The van der Waals surface area contributed by atoms with E-state index in [0.29, 0.717) is 24.7 Å². The van der Waals surface area contributed by atoms with Gasteiger partial charge in [-0.25, -0.2) is 4.79 Å². The number of hydrogen-bond donors (Lipinski definition) is 1. The molecule has 6 nitrogen and oxygen atoms in total. The van der Waals surface area contributed by atoms with Gasteiger partial charge in [-0.3, -0.25) is 0 Å². The van der Waals surface area contributed by atoms with Gasteiger partial charge in [0.25, 0.3) is 0 Å². The highest BCUT2D eigenvalue weighted by molar-refractivity contribution is 5.89. The Morgan fingerprint density at radius 1 is 1.15 bits per heavy atom. The molecule has 6 heteroatoms. The maximum atomic E-state index is 12.5. The Morgan fingerprint density at radius 3 is 2.65 bits per heavy atom. The average molecular weight is 348 g/mol. The number of aryl methyl sites for hydroxylation is 1. The Balaban J connectivity index is 1.42. The van der Waals surface area contributed by atoms with E-state index in [2.05, 4.69) is 27.6 Å². The second-order valence-corrected chi connectivity index (χ2v) is 6.31. The molecule has 0 spiro atoms. The lowest BCUT2D eigenvalue weighted by Crippen LogP contribution is -2.38. The number of anilines is 1. The van der Waals surface area contributed by atoms with Gasteiger partial charge in [0.05, 0.1) is 0 Å². The van der Waals surface area contributed by atoms with Crippen molar-refractivity contribution in [2.24, 2.45) is 0 Å². The SMILES string of the molecule is CCc1nc(-c2ccc(NC(=O)N3CCc4ccccc4C3)cc2)no1. The number of fused-ring (bicyclic) bond motifs is 1. The molecule has 0 unspecified atom stereocenters. The Hall–Kier alpha value is -3.15. The van der Waals surface area contributed by atoms with Crippen molar-refractivity contribution < 1.29 is 9.32 Å². The Labute approximate surface area is 151 Å². The van der Waals surface area contributed by atoms with Crippen molar-refractivity contribution in [3.63, 3.8) is 0 Å². The van der Waals surface area contributed by atoms with Crippen LogP contribution in [0, 0.1) is 0 Å². The normalized spacial score (nSPS) is 13.3. The minimum atomic E-state index is -0.0833. The fourth-order valence-electron chi connectivity index (χ4n) is 3.09. The molecule has 1 aliphatic rings. The quantitative estimate of drug-likeness (QED) is 0.779. The van der Waals surface area contributed by atoms with Gasteiger partial charge in [0, 0.05) is 30.8 Å². The summed E-state index contributed by atoms with van der Waals surface area (Å²) in [6.07, 6.45) is 1.60. The molecule has 0 radical (unpaired) electrons. The smallest absolute Gasteiger partial charge is 0.322 e. The summed E-state index contributed by atoms with van der Waals surface area (Å²) in [7, 11) is 0. The van der Waals surface area contributed by atoms with Gasteiger partial charge in [-0.05, 0) is 41.8 Å². The van der Waals surface area contributed by atoms with Crippen LogP contribution in [-0.2, 0) is 19.4 Å². The van der Waals surface area contributed by atoms with Crippen molar-refractivity contribution in [3.8, 4) is 11.4 Å². The van der Waals surface area contributed by atoms with Crippen molar-refractivity contribution in [3.05, 3.63) is 65.5 Å². The molecule has 2 amide bonds. The van der Waals surface area contributed by atoms with Crippen molar-refractivity contribution in [2.75, 3.05) is 11.9 Å². The highest BCUT2D eigenvalue weighted by atomic mass is 16.5. The number of carbonyl (C=O) groups is 1. The highest BCUT2D eigenvalue weighted by Crippen LogP contribution is 2.21. The average Bonchev–Trinajstić information content (AvgIpc) is 3.17. The van der Waals surface area contributed by atoms with E-state index in [9.17, 15) is 4.79 Å². The van der Waals surface area contributed by atoms with Crippen LogP contribution in [-0.4, -0.2) is 27.6 Å². The van der Waals surface area contributed by atoms with Gasteiger partial charge in [0.15, 0.2) is 0 Å². The largest absolute Gasteiger partial charge is 0.339 e. The van der Waals surface area contributed by atoms with Crippen LogP contribution in [0.5, 0.6) is 0 Å². The van der Waals surface area contributed by atoms with Gasteiger partial charge in [-0.2, -0.15) is 4.98 Å². The number of aromatic nitrogens is 2. The minimum Gasteiger partial charge on any atom is -0.339 e. The van der Waals surface area contributed by atoms with Crippen LogP contribution in [0.2, 0.25) is 0 Å². The van der Waals surface area contributed by atoms with Gasteiger partial charge in [-0.15, -0.1) is 0 Å². The number of carbonyl (C=O) groups excluding carboxylic acids is 1. The number of hydrogen-bond acceptors (Lipinski definition) is 4. The Kier molecular flexibility index (Phi) is 4.39. The minimum absolute atomic E-state index is 0.0833. The van der Waals surface area contributed by atoms with E-state index >= 15 is 0 Å². The highest BCUT2D eigenvalue weighted by Gasteiger charge is 2.20. The third-order valence-electron chi connectivity index (χ3n) is 4.58. The second-order valence-electron chi connectivity index (χ2n) is 6.31. The summed E-state index contributed by atoms with van der Waals surface area (Å²) in [5.41, 5.74) is 4.15. The molecule has 0 saturated heterocycles. The molecule has 2 heterocycles. The van der Waals surface area contributed by atoms with E-state index in [-0.39, 0.29) is 6.03 Å². The van der Waals surface area contributed by atoms with Crippen LogP contribution in [0.15, 0.2) is 53.1 Å². The first-order valence-corrected chi connectivity index (χ1v) is 8.78. The maximum absolute atomic E-state index is 12.5. The number of nitrogens with one attached hydrogen (secondary N) is 1. The van der Waals surface area contributed by atoms with E-state index in [1.165, 1.54) is 11.1 Å². The number of amides is 2. The fourth-order valence-corrected chi connectivity index (χ4v) is 3.09. The molecule has 0 fully saturated rings. The topological polar surface area (TPSA) is 71.3 Å². The van der Waals surface area contributed by atoms with Crippen LogP contribution in [0.25, 0.3) is 11.4 Å². The third-order valence-corrected chi connectivity index (χ3v) is 4.58. The van der Waals surface area contributed by atoms with Crippen molar-refractivity contribution in [1.29, 1.82) is 0 Å². The first kappa shape index (κ1) is 16.3. The number of rotatable bonds is 3. The summed E-state index contributed by atoms with van der Waals surface area (Å²) in [5, 5.41) is 6.92. The van der Waals surface area contributed by atoms with E-state index in [1.807, 2.05) is 48.2 Å². The lowest BCUT2D eigenvalue weighted by molar-refractivity contribution is 0.206. The van der Waals surface area contributed by atoms with E-state index in [0.717, 1.165) is 24.2 Å². The number of urea groups is 1. The van der Waals surface area contributed by atoms with E-state index in [4.69, 9.17) is 4.52 Å². The van der Waals surface area contributed by atoms with Crippen LogP contribution in [0.4, 0.5) is 10.5 Å². The maximum Gasteiger partial charge on any atom is 0.322 e. The van der Waals surface area contributed by atoms with Gasteiger partial charge in [0.1, 0.15) is 0 Å². The molecule has 1 aromatic heterocycles. The van der Waals surface area contributed by atoms with Gasteiger partial charge < -0.3 is 14.7 Å². The molecule has 1 aliphatic heterocycles. The van der Waals surface area contributed by atoms with Crippen LogP contribution < -0.4 is 5.32 Å². The summed E-state index contributed by atoms with van der Waals surface area (Å²) in [4.78, 5) is 18.7. The van der Waals surface area contributed by atoms with Crippen LogP contribution >= 0.6 is 0 Å². The zero-order chi connectivity index (χ0) is 17.9. The molecular weight excluding hydrogens is 328 g/mol. The van der Waals surface area contributed by atoms with Gasteiger partial charge in [0.2, 0.25) is 11.7 Å². The monoisotopic (exact) mass is 348 g/mol. The summed E-state index contributed by atoms with van der Waals surface area (Å²) >= 11 is 0. The molecule has 1 N–H and O–H groups in total. The zero-order valence-electron chi connectivity index (χ0n) is 14.6. The van der Waals surface area contributed by atoms with Gasteiger partial charge in [-0.1, -0.05) is 36.3 Å². The Morgan fingerprint density at radius 2 is 1.92 bits per heavy atom. The lowest BCUT2D eigenvalue weighted by atomic mass is 10.0. The molecule has 0 aliphatic carbocycles. The molecule has 132 valence electrons. The molecule has 0 atom stereocenters. The number of nitrogens with zero attached hydrogens (tertiary/aromatic N) is 3. The molecule has 0 saturated carbocycles. The standard InChI is InChI=1S/C20H20N4O2/c1-2-18-22-19(23-26-18)15-7-9-17(10-8-15)21-20(25)24-12-11-14-5-3-4-6-16(14)13-24/h3-10H,2,11-13H2,1H3,(H,21,25). The lowest BCUT2D eigenvalue weighted by Gasteiger charge is -2.29. The molecular formula is C20H20N4O2. The first-order chi connectivity index (χ1) is 12.7. The fraction of sp³-hybridized carbons (Fsp3) is 0.250. The van der Waals surface area contributed by atoms with E-state index < -0.39 is 0 Å². The summed E-state index contributed by atoms with van der Waals surface area (Å²) in [6.45, 7) is 3.33. The number of benzene rings is 2.